The molecule has 18 heteroatoms. The molecule has 9 rings (SSSR count). The van der Waals surface area contributed by atoms with Gasteiger partial charge in [0.05, 0.1) is 41.1 Å². The molecule has 0 radical (unpaired) electrons. The summed E-state index contributed by atoms with van der Waals surface area (Å²) in [5.41, 5.74) is 3.89. The molecule has 308 valence electrons. The Hall–Kier alpha value is -5.94. The number of aryl methyl sites for hydroxylation is 1. The van der Waals surface area contributed by atoms with Crippen LogP contribution in [0.3, 0.4) is 0 Å². The van der Waals surface area contributed by atoms with Gasteiger partial charge < -0.3 is 29.9 Å². The number of benzene rings is 2. The Morgan fingerprint density at radius 3 is 2.59 bits per heavy atom. The minimum Gasteiger partial charge on any atom is -0.489 e. The number of imide groups is 1. The van der Waals surface area contributed by atoms with Gasteiger partial charge >= 0.3 is 0 Å². The van der Waals surface area contributed by atoms with Gasteiger partial charge in [0.2, 0.25) is 17.8 Å². The second kappa shape index (κ2) is 16.0. The first-order valence-corrected chi connectivity index (χ1v) is 20.5. The van der Waals surface area contributed by atoms with Gasteiger partial charge in [0.25, 0.3) is 11.5 Å². The van der Waals surface area contributed by atoms with Crippen LogP contribution in [0.5, 0.6) is 11.5 Å². The number of fused-ring (bicyclic) bond motifs is 1. The van der Waals surface area contributed by atoms with Gasteiger partial charge in [0, 0.05) is 88.9 Å². The first-order chi connectivity index (χ1) is 28.6. The molecular formula is C41H46ClN11O6. The quantitative estimate of drug-likeness (QED) is 0.175. The van der Waals surface area contributed by atoms with Gasteiger partial charge in [-0.1, -0.05) is 23.7 Å². The fourth-order valence-corrected chi connectivity index (χ4v) is 8.96. The lowest BCUT2D eigenvalue weighted by Crippen LogP contribution is -2.49. The number of likely N-dealkylation sites (N-methyl/N-ethyl adjacent to an activating group) is 1. The number of hydrogen-bond acceptors (Lipinski definition) is 13. The van der Waals surface area contributed by atoms with E-state index in [9.17, 15) is 19.2 Å². The number of anilines is 4. The number of carbonyl (C=O) groups excluding carboxylic acids is 3. The van der Waals surface area contributed by atoms with E-state index in [0.717, 1.165) is 80.9 Å². The van der Waals surface area contributed by atoms with E-state index >= 15 is 0 Å². The minimum atomic E-state index is -0.427. The Morgan fingerprint density at radius 2 is 1.81 bits per heavy atom. The fourth-order valence-electron chi connectivity index (χ4n) is 8.82. The second-order valence-corrected chi connectivity index (χ2v) is 16.0. The molecule has 7 heterocycles. The van der Waals surface area contributed by atoms with E-state index in [1.807, 2.05) is 36.0 Å². The van der Waals surface area contributed by atoms with Gasteiger partial charge in [0.1, 0.15) is 17.4 Å². The summed E-state index contributed by atoms with van der Waals surface area (Å²) in [4.78, 5) is 66.0. The van der Waals surface area contributed by atoms with Gasteiger partial charge in [-0.2, -0.15) is 10.1 Å². The maximum atomic E-state index is 13.2. The van der Waals surface area contributed by atoms with Crippen LogP contribution in [0.4, 0.5) is 23.1 Å². The maximum absolute atomic E-state index is 13.2. The standard InChI is InChI=1S/C41H46ClN11O6/c1-43-34(55)23-59-32-19-25-18-26(20-31-36(25)53(40(32)57)16-17-58-31)45-38-29(42)21-44-41(47-38)52-14-12-50(13-15-52)22-24-8-10-51(11-9-24)30-5-3-4-27-35(48-49(2)37(27)30)28-6-7-33(54)46-39(28)56/h3-5,18-21,24,28H,6-17,22-23H2,1-2H3,(H,43,55)(H,44,45,47)(H,46,54,56). The third kappa shape index (κ3) is 7.60. The van der Waals surface area contributed by atoms with Gasteiger partial charge in [-0.05, 0) is 43.4 Å². The van der Waals surface area contributed by atoms with Crippen molar-refractivity contribution in [3.63, 3.8) is 0 Å². The molecule has 5 aromatic rings. The summed E-state index contributed by atoms with van der Waals surface area (Å²) in [6.07, 6.45) is 4.56. The van der Waals surface area contributed by atoms with Gasteiger partial charge in [-0.25, -0.2) is 4.98 Å². The summed E-state index contributed by atoms with van der Waals surface area (Å²) < 4.78 is 15.1. The van der Waals surface area contributed by atoms with Crippen LogP contribution in [0, 0.1) is 5.92 Å². The first-order valence-electron chi connectivity index (χ1n) is 20.1. The van der Waals surface area contributed by atoms with Crippen LogP contribution in [0.25, 0.3) is 21.8 Å². The van der Waals surface area contributed by atoms with Crippen LogP contribution in [0.15, 0.2) is 47.4 Å². The van der Waals surface area contributed by atoms with Crippen molar-refractivity contribution in [2.24, 2.45) is 13.0 Å². The molecule has 4 aliphatic rings. The molecule has 3 aromatic heterocycles. The van der Waals surface area contributed by atoms with E-state index in [4.69, 9.17) is 31.2 Å². The third-order valence-corrected chi connectivity index (χ3v) is 12.2. The summed E-state index contributed by atoms with van der Waals surface area (Å²) in [6, 6.07) is 11.5. The van der Waals surface area contributed by atoms with Crippen LogP contribution in [-0.4, -0.2) is 113 Å². The molecule has 3 fully saturated rings. The Labute approximate surface area is 344 Å². The van der Waals surface area contributed by atoms with Crippen LogP contribution < -0.4 is 40.8 Å². The Morgan fingerprint density at radius 1 is 1.00 bits per heavy atom. The molecule has 1 atom stereocenters. The van der Waals surface area contributed by atoms with E-state index in [1.54, 1.807) is 16.8 Å². The number of para-hydroxylation sites is 1. The van der Waals surface area contributed by atoms with E-state index < -0.39 is 5.92 Å². The lowest BCUT2D eigenvalue weighted by molar-refractivity contribution is -0.134. The normalized spacial score (nSPS) is 18.9. The largest absolute Gasteiger partial charge is 0.489 e. The van der Waals surface area contributed by atoms with Gasteiger partial charge in [0.15, 0.2) is 18.2 Å². The highest BCUT2D eigenvalue weighted by molar-refractivity contribution is 6.33. The molecule has 3 N–H and O–H groups in total. The molecule has 59 heavy (non-hydrogen) atoms. The zero-order valence-corrected chi connectivity index (χ0v) is 33.8. The number of ether oxygens (including phenoxy) is 2. The average Bonchev–Trinajstić information content (AvgIpc) is 3.58. The average molecular weight is 824 g/mol. The number of rotatable bonds is 10. The monoisotopic (exact) mass is 823 g/mol. The number of halogens is 1. The van der Waals surface area contributed by atoms with Crippen LogP contribution >= 0.6 is 11.6 Å². The van der Waals surface area contributed by atoms with E-state index in [0.29, 0.717) is 71.0 Å². The van der Waals surface area contributed by atoms with Gasteiger partial charge in [-0.3, -0.25) is 38.6 Å². The molecule has 3 saturated heterocycles. The third-order valence-electron chi connectivity index (χ3n) is 11.9. The smallest absolute Gasteiger partial charge is 0.293 e. The molecule has 0 spiro atoms. The summed E-state index contributed by atoms with van der Waals surface area (Å²) in [7, 11) is 3.44. The fraction of sp³-hybridized carbons (Fsp3) is 0.439. The minimum absolute atomic E-state index is 0.0835. The molecule has 0 bridgehead atoms. The van der Waals surface area contributed by atoms with Crippen molar-refractivity contribution in [2.75, 3.05) is 81.2 Å². The molecule has 2 aromatic carbocycles. The van der Waals surface area contributed by atoms with Crippen molar-refractivity contribution in [1.29, 1.82) is 0 Å². The molecule has 3 amide bonds. The highest BCUT2D eigenvalue weighted by atomic mass is 35.5. The predicted molar refractivity (Wildman–Crippen MR) is 223 cm³/mol. The SMILES string of the molecule is CNC(=O)COc1cc2cc(Nc3nc(N4CCN(CC5CCN(c6cccc7c(C8CCC(=O)NC8=O)nn(C)c67)CC5)CC4)ncc3Cl)cc3c2n(c1=O)CCO3. The lowest BCUT2D eigenvalue weighted by Gasteiger charge is -2.39. The van der Waals surface area contributed by atoms with E-state index in [-0.39, 0.29) is 35.6 Å². The number of carbonyl (C=O) groups is 3. The molecule has 1 unspecified atom stereocenters. The van der Waals surface area contributed by atoms with Gasteiger partial charge in [-0.15, -0.1) is 0 Å². The number of nitrogens with zero attached hydrogens (tertiary/aromatic N) is 8. The predicted octanol–water partition coefficient (Wildman–Crippen LogP) is 3.15. The van der Waals surface area contributed by atoms with Crippen LogP contribution in [0.2, 0.25) is 5.02 Å². The second-order valence-electron chi connectivity index (χ2n) is 15.6. The molecule has 17 nitrogen and oxygen atoms in total. The summed E-state index contributed by atoms with van der Waals surface area (Å²) >= 11 is 6.62. The highest BCUT2D eigenvalue weighted by Crippen LogP contribution is 2.37. The number of hydrogen-bond donors (Lipinski definition) is 3. The maximum Gasteiger partial charge on any atom is 0.293 e. The van der Waals surface area contributed by atoms with Crippen LogP contribution in [0.1, 0.15) is 37.3 Å². The van der Waals surface area contributed by atoms with Crippen molar-refractivity contribution in [3.8, 4) is 11.5 Å². The van der Waals surface area contributed by atoms with E-state index in [2.05, 4.69) is 41.7 Å². The molecule has 4 aliphatic heterocycles. The highest BCUT2D eigenvalue weighted by Gasteiger charge is 2.33. The molecule has 0 saturated carbocycles. The Balaban J connectivity index is 0.820. The lowest BCUT2D eigenvalue weighted by atomic mass is 9.92. The topological polar surface area (TPSA) is 181 Å². The Bertz CT molecular complexity index is 2530. The van der Waals surface area contributed by atoms with E-state index in [1.165, 1.54) is 7.05 Å². The first kappa shape index (κ1) is 38.6. The number of piperidine rings is 2. The number of aromatic nitrogens is 5. The zero-order chi connectivity index (χ0) is 40.8. The van der Waals surface area contributed by atoms with Crippen LogP contribution in [-0.2, 0) is 28.0 Å². The molecular weight excluding hydrogens is 778 g/mol. The van der Waals surface area contributed by atoms with Crippen molar-refractivity contribution in [1.82, 2.24) is 39.8 Å². The van der Waals surface area contributed by atoms with Crippen molar-refractivity contribution in [3.05, 3.63) is 63.7 Å². The van der Waals surface area contributed by atoms with Crippen molar-refractivity contribution >= 4 is 74.3 Å². The molecule has 0 aliphatic carbocycles. The number of piperazine rings is 1. The number of amides is 3. The zero-order valence-electron chi connectivity index (χ0n) is 33.0. The van der Waals surface area contributed by atoms with Crippen molar-refractivity contribution < 1.29 is 23.9 Å². The summed E-state index contributed by atoms with van der Waals surface area (Å²) in [5, 5.41) is 15.1. The number of nitrogens with one attached hydrogen (secondary N) is 3. The summed E-state index contributed by atoms with van der Waals surface area (Å²) in [6.45, 7) is 6.66. The summed E-state index contributed by atoms with van der Waals surface area (Å²) in [5.74, 6) is 0.994. The Kier molecular flexibility index (Phi) is 10.5. The number of pyridine rings is 1. The van der Waals surface area contributed by atoms with Crippen molar-refractivity contribution in [2.45, 2.75) is 38.1 Å².